The van der Waals surface area contributed by atoms with Gasteiger partial charge in [0.15, 0.2) is 17.5 Å². The molecule has 2 N–H and O–H groups in total. The third-order valence-corrected chi connectivity index (χ3v) is 11.2. The van der Waals surface area contributed by atoms with E-state index in [1.165, 1.54) is 24.3 Å². The number of ketones is 1. The fourth-order valence-electron chi connectivity index (χ4n) is 8.65. The number of piperazine rings is 1. The number of rotatable bonds is 7. The number of nitrogens with one attached hydrogen (secondary N) is 1. The molecule has 244 valence electrons. The molecule has 4 saturated heterocycles. The zero-order valence-electron chi connectivity index (χ0n) is 25.9. The Bertz CT molecular complexity index is 1920. The summed E-state index contributed by atoms with van der Waals surface area (Å²) in [5, 5.41) is 14.7. The van der Waals surface area contributed by atoms with E-state index >= 15 is 8.78 Å². The summed E-state index contributed by atoms with van der Waals surface area (Å²) in [7, 11) is 0. The number of halogens is 3. The number of aromatic nitrogens is 2. The molecule has 4 atom stereocenters. The normalized spacial score (nSPS) is 26.4. The summed E-state index contributed by atoms with van der Waals surface area (Å²) in [6, 6.07) is 9.50. The summed E-state index contributed by atoms with van der Waals surface area (Å²) in [5.41, 5.74) is -0.00585. The average Bonchev–Trinajstić information content (AvgIpc) is 3.69. The van der Waals surface area contributed by atoms with Crippen LogP contribution in [-0.4, -0.2) is 76.2 Å². The third-order valence-electron chi connectivity index (χ3n) is 11.2. The zero-order chi connectivity index (χ0) is 32.0. The van der Waals surface area contributed by atoms with Gasteiger partial charge >= 0.3 is 6.01 Å². The van der Waals surface area contributed by atoms with Crippen molar-refractivity contribution in [3.63, 3.8) is 0 Å². The van der Waals surface area contributed by atoms with E-state index in [2.05, 4.69) is 20.1 Å². The highest BCUT2D eigenvalue weighted by molar-refractivity contribution is 6.01. The van der Waals surface area contributed by atoms with E-state index in [0.29, 0.717) is 73.7 Å². The molecule has 5 aliphatic rings. The smallest absolute Gasteiger partial charge is 0.319 e. The van der Waals surface area contributed by atoms with Gasteiger partial charge in [0, 0.05) is 78.4 Å². The number of hydrogen-bond donors (Lipinski definition) is 2. The summed E-state index contributed by atoms with van der Waals surface area (Å²) in [6.45, 7) is 2.68. The summed E-state index contributed by atoms with van der Waals surface area (Å²) in [5.74, 6) is -2.13. The van der Waals surface area contributed by atoms with E-state index in [-0.39, 0.29) is 44.6 Å². The quantitative estimate of drug-likeness (QED) is 0.259. The van der Waals surface area contributed by atoms with Crippen LogP contribution in [0.25, 0.3) is 32.8 Å². The van der Waals surface area contributed by atoms with Gasteiger partial charge < -0.3 is 20.1 Å². The largest absolute Gasteiger partial charge is 0.508 e. The minimum absolute atomic E-state index is 0.00679. The van der Waals surface area contributed by atoms with Gasteiger partial charge in [0.05, 0.1) is 6.61 Å². The van der Waals surface area contributed by atoms with Crippen LogP contribution < -0.4 is 15.0 Å². The molecule has 9 rings (SSSR count). The topological polar surface area (TPSA) is 90.8 Å². The Morgan fingerprint density at radius 3 is 2.38 bits per heavy atom. The van der Waals surface area contributed by atoms with E-state index in [1.54, 1.807) is 6.07 Å². The molecule has 4 aliphatic heterocycles. The number of phenols is 1. The summed E-state index contributed by atoms with van der Waals surface area (Å²) in [6.07, 6.45) is 7.51. The molecule has 4 unspecified atom stereocenters. The lowest BCUT2D eigenvalue weighted by atomic mass is 9.95. The lowest BCUT2D eigenvalue weighted by molar-refractivity contribution is -0.124. The van der Waals surface area contributed by atoms with Gasteiger partial charge in [-0.15, -0.1) is 0 Å². The third kappa shape index (κ3) is 5.01. The van der Waals surface area contributed by atoms with Crippen LogP contribution in [0, 0.1) is 22.9 Å². The molecule has 4 bridgehead atoms. The number of benzene rings is 3. The first-order chi connectivity index (χ1) is 22.7. The number of fused-ring (bicyclic) bond motifs is 6. The van der Waals surface area contributed by atoms with Gasteiger partial charge in [-0.1, -0.05) is 12.1 Å². The minimum Gasteiger partial charge on any atom is -0.508 e. The highest BCUT2D eigenvalue weighted by atomic mass is 19.2. The molecule has 5 heterocycles. The molecule has 1 aliphatic carbocycles. The number of anilines is 1. The highest BCUT2D eigenvalue weighted by Gasteiger charge is 2.50. The predicted molar refractivity (Wildman–Crippen MR) is 171 cm³/mol. The van der Waals surface area contributed by atoms with Crippen molar-refractivity contribution in [1.82, 2.24) is 20.2 Å². The van der Waals surface area contributed by atoms with Crippen molar-refractivity contribution < 1.29 is 27.8 Å². The number of Topliss-reactive ketones (excluding diaryl/α,β-unsaturated/α-hetero) is 1. The van der Waals surface area contributed by atoms with Crippen LogP contribution in [0.2, 0.25) is 0 Å². The van der Waals surface area contributed by atoms with Crippen LogP contribution in [0.1, 0.15) is 51.4 Å². The monoisotopic (exact) mass is 643 g/mol. The second-order valence-electron chi connectivity index (χ2n) is 14.4. The number of piperidine rings is 1. The number of carbonyl (C=O) groups is 1. The number of hydrogen-bond acceptors (Lipinski definition) is 8. The van der Waals surface area contributed by atoms with Crippen molar-refractivity contribution in [3.8, 4) is 22.9 Å². The fourth-order valence-corrected chi connectivity index (χ4v) is 8.65. The maximum atomic E-state index is 16.8. The number of nitrogens with zero attached hydrogens (tertiary/aromatic N) is 4. The number of phenolic OH excluding ortho intramolecular Hbond substituents is 1. The maximum Gasteiger partial charge on any atom is 0.319 e. The van der Waals surface area contributed by atoms with Crippen molar-refractivity contribution in [3.05, 3.63) is 53.8 Å². The summed E-state index contributed by atoms with van der Waals surface area (Å²) in [4.78, 5) is 26.3. The Balaban J connectivity index is 1.10. The SMILES string of the molecule is O=C1CC2CCC(C1)N2CC1(COc2nc(N3CC4CCC(C3)N4)c3ccc(-c4cc(O)cc5ccc(F)c(F)c45)c(F)c3n2)CC1. The van der Waals surface area contributed by atoms with Crippen LogP contribution in [0.15, 0.2) is 36.4 Å². The molecule has 8 nitrogen and oxygen atoms in total. The maximum absolute atomic E-state index is 16.8. The van der Waals surface area contributed by atoms with Gasteiger partial charge in [-0.2, -0.15) is 9.97 Å². The lowest BCUT2D eigenvalue weighted by Crippen LogP contribution is -2.51. The first-order valence-corrected chi connectivity index (χ1v) is 16.8. The molecule has 47 heavy (non-hydrogen) atoms. The van der Waals surface area contributed by atoms with Gasteiger partial charge in [0.1, 0.15) is 22.9 Å². The Hall–Kier alpha value is -3.96. The highest BCUT2D eigenvalue weighted by Crippen LogP contribution is 2.49. The molecule has 0 amide bonds. The van der Waals surface area contributed by atoms with Gasteiger partial charge in [-0.3, -0.25) is 9.69 Å². The average molecular weight is 644 g/mol. The Labute approximate surface area is 269 Å². The second-order valence-corrected chi connectivity index (χ2v) is 14.4. The van der Waals surface area contributed by atoms with E-state index < -0.39 is 17.5 Å². The second kappa shape index (κ2) is 10.8. The molecule has 5 fully saturated rings. The molecule has 11 heteroatoms. The van der Waals surface area contributed by atoms with Gasteiger partial charge in [-0.25, -0.2) is 13.2 Å². The fraction of sp³-hybridized carbons (Fsp3) is 0.472. The van der Waals surface area contributed by atoms with Crippen molar-refractivity contribution >= 4 is 33.3 Å². The molecular weight excluding hydrogens is 607 g/mol. The first kappa shape index (κ1) is 29.2. The molecule has 4 aromatic rings. The molecular formula is C36H36F3N5O3. The summed E-state index contributed by atoms with van der Waals surface area (Å²) < 4.78 is 52.6. The molecule has 0 radical (unpaired) electrons. The van der Waals surface area contributed by atoms with E-state index in [1.807, 2.05) is 0 Å². The van der Waals surface area contributed by atoms with Crippen molar-refractivity contribution in [2.24, 2.45) is 5.41 Å². The molecule has 1 aromatic heterocycles. The Morgan fingerprint density at radius 1 is 0.915 bits per heavy atom. The number of aromatic hydroxyl groups is 1. The van der Waals surface area contributed by atoms with Crippen LogP contribution in [0.4, 0.5) is 19.0 Å². The van der Waals surface area contributed by atoms with E-state index in [9.17, 15) is 14.3 Å². The Morgan fingerprint density at radius 2 is 1.66 bits per heavy atom. The number of ether oxygens (including phenoxy) is 1. The molecule has 0 spiro atoms. The zero-order valence-corrected chi connectivity index (χ0v) is 25.9. The van der Waals surface area contributed by atoms with Crippen LogP contribution in [-0.2, 0) is 4.79 Å². The van der Waals surface area contributed by atoms with Crippen LogP contribution in [0.3, 0.4) is 0 Å². The predicted octanol–water partition coefficient (Wildman–Crippen LogP) is 5.87. The van der Waals surface area contributed by atoms with E-state index in [4.69, 9.17) is 9.72 Å². The lowest BCUT2D eigenvalue weighted by Gasteiger charge is -2.36. The minimum atomic E-state index is -1.11. The van der Waals surface area contributed by atoms with Crippen molar-refractivity contribution in [1.29, 1.82) is 0 Å². The van der Waals surface area contributed by atoms with Gasteiger partial charge in [-0.05, 0) is 73.7 Å². The number of carbonyl (C=O) groups excluding carboxylic acids is 1. The molecule has 3 aromatic carbocycles. The van der Waals surface area contributed by atoms with Crippen LogP contribution >= 0.6 is 0 Å². The van der Waals surface area contributed by atoms with Crippen molar-refractivity contribution in [2.45, 2.75) is 75.5 Å². The standard InChI is InChI=1S/C36H36F3N5O3/c37-29-8-1-19-11-24(45)14-28(30(19)32(29)39)26-6-7-27-33(31(26)38)41-35(42-34(27)43-15-20-2-3-21(16-43)40-20)47-18-36(9-10-36)17-44-22-4-5-23(44)13-25(46)12-22/h1,6-8,11,14,20-23,40,45H,2-5,9-10,12-13,15-18H2. The van der Waals surface area contributed by atoms with Crippen molar-refractivity contribution in [2.75, 3.05) is 31.1 Å². The van der Waals surface area contributed by atoms with E-state index in [0.717, 1.165) is 51.1 Å². The molecule has 1 saturated carbocycles. The summed E-state index contributed by atoms with van der Waals surface area (Å²) >= 11 is 0. The Kier molecular flexibility index (Phi) is 6.70. The van der Waals surface area contributed by atoms with Gasteiger partial charge in [0.2, 0.25) is 0 Å². The first-order valence-electron chi connectivity index (χ1n) is 16.8. The van der Waals surface area contributed by atoms with Crippen LogP contribution in [0.5, 0.6) is 11.8 Å². The van der Waals surface area contributed by atoms with Gasteiger partial charge in [0.25, 0.3) is 0 Å².